The zero-order chi connectivity index (χ0) is 27.2. The standard InChI is InChI=1S/C29H34N4O5/c1-3-12-32(13-4-2)28(36)23-15-22-10-9-21(16-25(22)30-26(17-23)31-29(37)38)19-5-7-20(8-6-19)27(35)33-14-11-24(34)18-33/h5-10,15-16,24,34H,3-4,11-14,17-18H2,1-2H3,(H,30,31)(H,37,38). The normalized spacial score (nSPS) is 16.7. The zero-order valence-electron chi connectivity index (χ0n) is 21.8. The number of fused-ring (bicyclic) bond motifs is 1. The van der Waals surface area contributed by atoms with Crippen molar-refractivity contribution in [3.8, 4) is 11.1 Å². The lowest BCUT2D eigenvalue weighted by atomic mass is 9.99. The van der Waals surface area contributed by atoms with Gasteiger partial charge in [0.05, 0.1) is 11.8 Å². The molecule has 9 nitrogen and oxygen atoms in total. The summed E-state index contributed by atoms with van der Waals surface area (Å²) in [5, 5.41) is 21.4. The van der Waals surface area contributed by atoms with Crippen molar-refractivity contribution >= 4 is 35.5 Å². The van der Waals surface area contributed by atoms with Crippen molar-refractivity contribution in [3.63, 3.8) is 0 Å². The van der Waals surface area contributed by atoms with Gasteiger partial charge in [0.25, 0.3) is 5.91 Å². The van der Waals surface area contributed by atoms with Gasteiger partial charge in [0.1, 0.15) is 5.84 Å². The second-order valence-electron chi connectivity index (χ2n) is 9.67. The number of likely N-dealkylation sites (tertiary alicyclic amines) is 1. The molecule has 0 bridgehead atoms. The summed E-state index contributed by atoms with van der Waals surface area (Å²) in [7, 11) is 0. The fourth-order valence-electron chi connectivity index (χ4n) is 4.85. The molecule has 1 unspecified atom stereocenters. The number of aliphatic hydroxyl groups is 1. The largest absolute Gasteiger partial charge is 0.465 e. The van der Waals surface area contributed by atoms with Gasteiger partial charge in [-0.1, -0.05) is 38.1 Å². The van der Waals surface area contributed by atoms with Gasteiger partial charge in [-0.3, -0.25) is 14.9 Å². The zero-order valence-corrected chi connectivity index (χ0v) is 21.8. The van der Waals surface area contributed by atoms with Crippen molar-refractivity contribution in [2.75, 3.05) is 26.2 Å². The molecule has 1 fully saturated rings. The summed E-state index contributed by atoms with van der Waals surface area (Å²) < 4.78 is 0. The Balaban J connectivity index is 1.64. The summed E-state index contributed by atoms with van der Waals surface area (Å²) in [5.41, 5.74) is 4.04. The number of nitrogens with zero attached hydrogens (tertiary/aromatic N) is 3. The molecule has 0 aromatic heterocycles. The minimum absolute atomic E-state index is 0.0844. The van der Waals surface area contributed by atoms with Crippen LogP contribution in [0.3, 0.4) is 0 Å². The fraction of sp³-hybridized carbons (Fsp3) is 0.379. The average molecular weight is 519 g/mol. The molecule has 4 rings (SSSR count). The molecule has 1 saturated heterocycles. The van der Waals surface area contributed by atoms with Gasteiger partial charge in [-0.2, -0.15) is 0 Å². The van der Waals surface area contributed by atoms with E-state index in [-0.39, 0.29) is 24.1 Å². The number of benzene rings is 2. The van der Waals surface area contributed by atoms with Gasteiger partial charge < -0.3 is 20.0 Å². The third-order valence-corrected chi connectivity index (χ3v) is 6.69. The van der Waals surface area contributed by atoms with E-state index in [2.05, 4.69) is 10.3 Å². The van der Waals surface area contributed by atoms with Gasteiger partial charge in [-0.15, -0.1) is 0 Å². The van der Waals surface area contributed by atoms with E-state index in [1.54, 1.807) is 28.0 Å². The maximum atomic E-state index is 13.3. The van der Waals surface area contributed by atoms with Crippen LogP contribution in [-0.2, 0) is 4.79 Å². The molecule has 3 N–H and O–H groups in total. The molecule has 38 heavy (non-hydrogen) atoms. The quantitative estimate of drug-likeness (QED) is 0.505. The molecule has 0 saturated carbocycles. The average Bonchev–Trinajstić information content (AvgIpc) is 3.25. The molecule has 3 amide bonds. The van der Waals surface area contributed by atoms with Gasteiger partial charge in [-0.05, 0) is 54.7 Å². The summed E-state index contributed by atoms with van der Waals surface area (Å²) in [6, 6.07) is 12.9. The van der Waals surface area contributed by atoms with Gasteiger partial charge in [0.15, 0.2) is 0 Å². The summed E-state index contributed by atoms with van der Waals surface area (Å²) in [4.78, 5) is 45.5. The van der Waals surface area contributed by atoms with Crippen molar-refractivity contribution in [2.24, 2.45) is 4.99 Å². The SMILES string of the molecule is CCCN(CCC)C(=O)C1=Cc2ccc(-c3ccc(C(=O)N4CCC(O)C4)cc3)cc2N=C(NC(=O)O)C1. The number of amidine groups is 1. The monoisotopic (exact) mass is 518 g/mol. The Morgan fingerprint density at radius 1 is 1.05 bits per heavy atom. The van der Waals surface area contributed by atoms with Crippen LogP contribution < -0.4 is 5.32 Å². The minimum Gasteiger partial charge on any atom is -0.465 e. The Hall–Kier alpha value is -3.98. The second kappa shape index (κ2) is 12.0. The summed E-state index contributed by atoms with van der Waals surface area (Å²) in [6.07, 6.45) is 2.43. The van der Waals surface area contributed by atoms with Crippen LogP contribution in [-0.4, -0.2) is 76.0 Å². The fourth-order valence-corrected chi connectivity index (χ4v) is 4.85. The summed E-state index contributed by atoms with van der Waals surface area (Å²) >= 11 is 0. The van der Waals surface area contributed by atoms with Crippen LogP contribution in [0, 0.1) is 0 Å². The maximum Gasteiger partial charge on any atom is 0.410 e. The number of β-amino-alcohol motifs (C(OH)–C–C–N with tert-alkyl or cyclic N) is 1. The molecule has 2 heterocycles. The number of nitrogens with one attached hydrogen (secondary N) is 1. The van der Waals surface area contributed by atoms with Crippen LogP contribution >= 0.6 is 0 Å². The van der Waals surface area contributed by atoms with E-state index in [9.17, 15) is 24.6 Å². The number of aliphatic hydroxyl groups excluding tert-OH is 1. The van der Waals surface area contributed by atoms with Gasteiger partial charge >= 0.3 is 6.09 Å². The molecule has 0 radical (unpaired) electrons. The molecule has 0 aliphatic carbocycles. The second-order valence-corrected chi connectivity index (χ2v) is 9.67. The van der Waals surface area contributed by atoms with Crippen LogP contribution in [0.15, 0.2) is 53.0 Å². The Kier molecular flexibility index (Phi) is 8.58. The Morgan fingerprint density at radius 3 is 2.34 bits per heavy atom. The Labute approximate surface area is 222 Å². The third kappa shape index (κ3) is 6.28. The van der Waals surface area contributed by atoms with Crippen molar-refractivity contribution in [1.29, 1.82) is 0 Å². The predicted molar refractivity (Wildman–Crippen MR) is 146 cm³/mol. The third-order valence-electron chi connectivity index (χ3n) is 6.69. The number of carboxylic acid groups (broad SMARTS) is 1. The van der Waals surface area contributed by atoms with Gasteiger partial charge in [0, 0.05) is 49.3 Å². The number of carbonyl (C=O) groups excluding carboxylic acids is 2. The van der Waals surface area contributed by atoms with Crippen LogP contribution in [0.5, 0.6) is 0 Å². The van der Waals surface area contributed by atoms with E-state index in [0.717, 1.165) is 29.5 Å². The van der Waals surface area contributed by atoms with Crippen molar-refractivity contribution < 1.29 is 24.6 Å². The summed E-state index contributed by atoms with van der Waals surface area (Å²) in [5.74, 6) is -0.0301. The molecular weight excluding hydrogens is 484 g/mol. The molecule has 0 spiro atoms. The van der Waals surface area contributed by atoms with E-state index < -0.39 is 12.2 Å². The van der Waals surface area contributed by atoms with Crippen molar-refractivity contribution in [3.05, 3.63) is 59.2 Å². The van der Waals surface area contributed by atoms with Crippen LogP contribution in [0.2, 0.25) is 0 Å². The Bertz CT molecular complexity index is 1260. The number of aliphatic imine (C=N–C) groups is 1. The Morgan fingerprint density at radius 2 is 1.74 bits per heavy atom. The van der Waals surface area contributed by atoms with Crippen LogP contribution in [0.25, 0.3) is 17.2 Å². The number of rotatable bonds is 7. The highest BCUT2D eigenvalue weighted by atomic mass is 16.4. The van der Waals surface area contributed by atoms with E-state index in [4.69, 9.17) is 0 Å². The van der Waals surface area contributed by atoms with Crippen LogP contribution in [0.1, 0.15) is 55.5 Å². The summed E-state index contributed by atoms with van der Waals surface area (Å²) in [6.45, 7) is 6.20. The first kappa shape index (κ1) is 27.1. The molecule has 2 aromatic rings. The molecule has 2 aliphatic heterocycles. The first-order chi connectivity index (χ1) is 18.3. The number of amides is 3. The van der Waals surface area contributed by atoms with Gasteiger partial charge in [-0.25, -0.2) is 9.79 Å². The van der Waals surface area contributed by atoms with E-state index in [1.807, 2.05) is 44.2 Å². The maximum absolute atomic E-state index is 13.3. The number of hydrogen-bond donors (Lipinski definition) is 3. The lowest BCUT2D eigenvalue weighted by Crippen LogP contribution is -2.36. The number of hydrogen-bond acceptors (Lipinski definition) is 5. The van der Waals surface area contributed by atoms with Gasteiger partial charge in [0.2, 0.25) is 5.91 Å². The highest BCUT2D eigenvalue weighted by Gasteiger charge is 2.26. The number of carbonyl (C=O) groups is 3. The van der Waals surface area contributed by atoms with E-state index in [1.165, 1.54) is 0 Å². The predicted octanol–water partition coefficient (Wildman–Crippen LogP) is 4.29. The van der Waals surface area contributed by atoms with Crippen molar-refractivity contribution in [2.45, 2.75) is 45.6 Å². The lowest BCUT2D eigenvalue weighted by Gasteiger charge is -2.23. The molecule has 200 valence electrons. The highest BCUT2D eigenvalue weighted by Crippen LogP contribution is 2.32. The molecule has 9 heteroatoms. The molecule has 2 aromatic carbocycles. The molecule has 2 aliphatic rings. The minimum atomic E-state index is -1.24. The first-order valence-corrected chi connectivity index (χ1v) is 13.1. The van der Waals surface area contributed by atoms with Crippen molar-refractivity contribution in [1.82, 2.24) is 15.1 Å². The topological polar surface area (TPSA) is 123 Å². The molecular formula is C29H34N4O5. The first-order valence-electron chi connectivity index (χ1n) is 13.1. The van der Waals surface area contributed by atoms with E-state index in [0.29, 0.717) is 49.4 Å². The smallest absolute Gasteiger partial charge is 0.410 e. The lowest BCUT2D eigenvalue weighted by molar-refractivity contribution is -0.127. The highest BCUT2D eigenvalue weighted by molar-refractivity contribution is 6.08. The van der Waals surface area contributed by atoms with Crippen LogP contribution in [0.4, 0.5) is 10.5 Å². The molecule has 1 atom stereocenters. The van der Waals surface area contributed by atoms with E-state index >= 15 is 0 Å².